The summed E-state index contributed by atoms with van der Waals surface area (Å²) in [6.07, 6.45) is 1.98. The molecule has 5 nitrogen and oxygen atoms in total. The van der Waals surface area contributed by atoms with Crippen molar-refractivity contribution in [2.24, 2.45) is 5.92 Å². The van der Waals surface area contributed by atoms with Crippen LogP contribution in [0.1, 0.15) is 57.0 Å². The van der Waals surface area contributed by atoms with Crippen molar-refractivity contribution in [1.82, 2.24) is 9.80 Å². The van der Waals surface area contributed by atoms with Crippen LogP contribution in [0.5, 0.6) is 5.75 Å². The Labute approximate surface area is 194 Å². The molecule has 1 aromatic heterocycles. The van der Waals surface area contributed by atoms with Gasteiger partial charge in [0.2, 0.25) is 11.8 Å². The van der Waals surface area contributed by atoms with Crippen LogP contribution < -0.4 is 4.74 Å². The van der Waals surface area contributed by atoms with Crippen molar-refractivity contribution < 1.29 is 18.7 Å². The highest BCUT2D eigenvalue weighted by Gasteiger charge is 2.34. The zero-order valence-electron chi connectivity index (χ0n) is 19.3. The van der Waals surface area contributed by atoms with Gasteiger partial charge in [-0.25, -0.2) is 4.39 Å². The lowest BCUT2D eigenvalue weighted by Gasteiger charge is -2.38. The summed E-state index contributed by atoms with van der Waals surface area (Å²) in [4.78, 5) is 31.0. The van der Waals surface area contributed by atoms with Gasteiger partial charge in [0.25, 0.3) is 0 Å². The molecule has 0 unspecified atom stereocenters. The maximum Gasteiger partial charge on any atom is 0.242 e. The molecule has 0 spiro atoms. The molecule has 2 aromatic rings. The van der Waals surface area contributed by atoms with Crippen LogP contribution in [-0.2, 0) is 16.0 Å². The molecule has 0 bridgehead atoms. The second kappa shape index (κ2) is 10.9. The van der Waals surface area contributed by atoms with Gasteiger partial charge in [-0.1, -0.05) is 32.9 Å². The summed E-state index contributed by atoms with van der Waals surface area (Å²) in [5.74, 6) is -0.101. The fourth-order valence-electron chi connectivity index (χ4n) is 4.02. The number of nitrogens with zero attached hydrogens (tertiary/aromatic N) is 2. The first-order valence-electron chi connectivity index (χ1n) is 11.3. The molecule has 0 saturated heterocycles. The molecule has 0 radical (unpaired) electrons. The molecule has 32 heavy (non-hydrogen) atoms. The van der Waals surface area contributed by atoms with E-state index in [1.165, 1.54) is 10.9 Å². The number of ether oxygens (including phenoxy) is 1. The average molecular weight is 461 g/mol. The number of halogens is 1. The molecule has 174 valence electrons. The quantitative estimate of drug-likeness (QED) is 0.525. The lowest BCUT2D eigenvalue weighted by molar-refractivity contribution is -0.144. The first kappa shape index (κ1) is 24.2. The van der Waals surface area contributed by atoms with Crippen molar-refractivity contribution in [2.75, 3.05) is 19.7 Å². The summed E-state index contributed by atoms with van der Waals surface area (Å²) >= 11 is 1.67. The van der Waals surface area contributed by atoms with Crippen molar-refractivity contribution in [3.05, 3.63) is 52.0 Å². The highest BCUT2D eigenvalue weighted by Crippen LogP contribution is 2.34. The monoisotopic (exact) mass is 460 g/mol. The topological polar surface area (TPSA) is 49.9 Å². The summed E-state index contributed by atoms with van der Waals surface area (Å²) in [7, 11) is 0. The van der Waals surface area contributed by atoms with Gasteiger partial charge in [-0.3, -0.25) is 9.59 Å². The molecule has 1 aromatic carbocycles. The molecule has 1 aliphatic rings. The summed E-state index contributed by atoms with van der Waals surface area (Å²) < 4.78 is 19.9. The maximum absolute atomic E-state index is 14.1. The lowest BCUT2D eigenvalue weighted by Crippen LogP contribution is -2.50. The summed E-state index contributed by atoms with van der Waals surface area (Å²) in [5.41, 5.74) is 1.05. The van der Waals surface area contributed by atoms with Crippen LogP contribution in [0.4, 0.5) is 4.39 Å². The average Bonchev–Trinajstić information content (AvgIpc) is 3.24. The van der Waals surface area contributed by atoms with Crippen LogP contribution >= 0.6 is 11.3 Å². The Kier molecular flexibility index (Phi) is 8.29. The number of carbonyl (C=O) groups is 2. The molecule has 0 aliphatic carbocycles. The van der Waals surface area contributed by atoms with E-state index in [2.05, 4.69) is 0 Å². The Morgan fingerprint density at radius 1 is 1.25 bits per heavy atom. The number of benzene rings is 1. The van der Waals surface area contributed by atoms with E-state index in [4.69, 9.17) is 4.74 Å². The number of fused-ring (bicyclic) bond motifs is 1. The molecule has 2 atom stereocenters. The third kappa shape index (κ3) is 5.68. The Morgan fingerprint density at radius 2 is 2.00 bits per heavy atom. The Balaban J connectivity index is 1.79. The molecule has 0 fully saturated rings. The number of para-hydroxylation sites is 1. The first-order chi connectivity index (χ1) is 15.3. The molecular weight excluding hydrogens is 427 g/mol. The molecule has 2 amide bonds. The van der Waals surface area contributed by atoms with Gasteiger partial charge in [0.1, 0.15) is 13.2 Å². The van der Waals surface area contributed by atoms with Crippen molar-refractivity contribution >= 4 is 23.2 Å². The van der Waals surface area contributed by atoms with Crippen molar-refractivity contribution in [1.29, 1.82) is 0 Å². The predicted molar refractivity (Wildman–Crippen MR) is 125 cm³/mol. The molecule has 7 heteroatoms. The van der Waals surface area contributed by atoms with E-state index >= 15 is 0 Å². The van der Waals surface area contributed by atoms with Crippen LogP contribution in [0, 0.1) is 11.7 Å². The highest BCUT2D eigenvalue weighted by molar-refractivity contribution is 7.10. The van der Waals surface area contributed by atoms with E-state index < -0.39 is 5.82 Å². The van der Waals surface area contributed by atoms with Gasteiger partial charge < -0.3 is 14.5 Å². The van der Waals surface area contributed by atoms with Crippen LogP contribution in [0.15, 0.2) is 35.7 Å². The second-order valence-corrected chi connectivity index (χ2v) is 9.77. The molecule has 0 saturated carbocycles. The number of rotatable bonds is 9. The normalized spacial score (nSPS) is 16.6. The smallest absolute Gasteiger partial charge is 0.242 e. The van der Waals surface area contributed by atoms with Crippen LogP contribution in [-0.4, -0.2) is 47.4 Å². The fourth-order valence-corrected chi connectivity index (χ4v) is 4.95. The summed E-state index contributed by atoms with van der Waals surface area (Å²) in [6.45, 7) is 8.80. The fraction of sp³-hybridized carbons (Fsp3) is 0.520. The number of hydrogen-bond donors (Lipinski definition) is 0. The number of thiophene rings is 1. The van der Waals surface area contributed by atoms with Crippen molar-refractivity contribution in [3.8, 4) is 5.75 Å². The third-order valence-electron chi connectivity index (χ3n) is 5.98. The Bertz CT molecular complexity index is 929. The Morgan fingerprint density at radius 3 is 2.69 bits per heavy atom. The van der Waals surface area contributed by atoms with E-state index in [9.17, 15) is 14.0 Å². The van der Waals surface area contributed by atoms with E-state index in [0.717, 1.165) is 18.4 Å². The van der Waals surface area contributed by atoms with Gasteiger partial charge >= 0.3 is 0 Å². The van der Waals surface area contributed by atoms with Gasteiger partial charge in [0.15, 0.2) is 11.6 Å². The second-order valence-electron chi connectivity index (χ2n) is 8.77. The minimum Gasteiger partial charge on any atom is -0.488 e. The van der Waals surface area contributed by atoms with E-state index in [1.54, 1.807) is 39.3 Å². The maximum atomic E-state index is 14.1. The number of carbonyl (C=O) groups excluding carboxylic acids is 2. The first-order valence-corrected chi connectivity index (χ1v) is 12.2. The molecule has 1 aliphatic heterocycles. The van der Waals surface area contributed by atoms with Gasteiger partial charge in [0, 0.05) is 23.9 Å². The van der Waals surface area contributed by atoms with Gasteiger partial charge in [-0.15, -0.1) is 11.3 Å². The van der Waals surface area contributed by atoms with E-state index in [1.807, 2.05) is 39.1 Å². The third-order valence-corrected chi connectivity index (χ3v) is 6.98. The van der Waals surface area contributed by atoms with Gasteiger partial charge in [-0.05, 0) is 54.8 Å². The Hall–Kier alpha value is -2.41. The van der Waals surface area contributed by atoms with Crippen LogP contribution in [0.2, 0.25) is 0 Å². The minimum atomic E-state index is -0.422. The molecular formula is C25H33FN2O3S. The predicted octanol–water partition coefficient (Wildman–Crippen LogP) is 5.07. The number of hydrogen-bond acceptors (Lipinski definition) is 4. The standard InChI is InChI=1S/C25H33FN2O3S/c1-5-18(4)28(24(29)14-17(2)3)15-25(30)27-12-10-23-19(11-13-32-23)21(27)16-31-22-9-7-6-8-20(22)26/h6-9,11,13,17-18,21H,5,10,12,14-16H2,1-4H3/t18-,21-/m1/s1. The minimum absolute atomic E-state index is 0.00934. The highest BCUT2D eigenvalue weighted by atomic mass is 32.1. The van der Waals surface area contributed by atoms with Gasteiger partial charge in [-0.2, -0.15) is 0 Å². The van der Waals surface area contributed by atoms with Crippen molar-refractivity contribution in [3.63, 3.8) is 0 Å². The van der Waals surface area contributed by atoms with E-state index in [-0.39, 0.29) is 48.7 Å². The zero-order chi connectivity index (χ0) is 23.3. The lowest BCUT2D eigenvalue weighted by atomic mass is 10.00. The zero-order valence-corrected chi connectivity index (χ0v) is 20.2. The largest absolute Gasteiger partial charge is 0.488 e. The summed E-state index contributed by atoms with van der Waals surface area (Å²) in [5, 5.41) is 2.02. The molecule has 2 heterocycles. The van der Waals surface area contributed by atoms with Gasteiger partial charge in [0.05, 0.1) is 6.04 Å². The van der Waals surface area contributed by atoms with E-state index in [0.29, 0.717) is 13.0 Å². The van der Waals surface area contributed by atoms with Crippen LogP contribution in [0.25, 0.3) is 0 Å². The molecule has 0 N–H and O–H groups in total. The van der Waals surface area contributed by atoms with Crippen molar-refractivity contribution in [2.45, 2.75) is 59.0 Å². The van der Waals surface area contributed by atoms with Crippen LogP contribution in [0.3, 0.4) is 0 Å². The summed E-state index contributed by atoms with van der Waals surface area (Å²) in [6, 6.07) is 7.99. The molecule has 3 rings (SSSR count). The number of amides is 2. The SMILES string of the molecule is CC[C@@H](C)N(CC(=O)N1CCc2sccc2[C@H]1COc1ccccc1F)C(=O)CC(C)C.